The molecular weight excluding hydrogens is 263 g/mol. The lowest BCUT2D eigenvalue weighted by Crippen LogP contribution is -2.15. The molecule has 1 amide bonds. The van der Waals surface area contributed by atoms with Gasteiger partial charge >= 0.3 is 5.97 Å². The van der Waals surface area contributed by atoms with Crippen molar-refractivity contribution in [1.29, 1.82) is 0 Å². The fraction of sp³-hybridized carbons (Fsp3) is 0.0714. The standard InChI is InChI=1S/C14H11FN2O3/c1-8-7-9(15)5-6-10(8)13(18)17-12-4-2-3-11(16-12)14(19)20/h2-7H,1H3,(H,19,20)(H,16,17,18). The van der Waals surface area contributed by atoms with E-state index in [1.165, 1.54) is 36.4 Å². The van der Waals surface area contributed by atoms with E-state index in [9.17, 15) is 14.0 Å². The van der Waals surface area contributed by atoms with E-state index in [4.69, 9.17) is 5.11 Å². The highest BCUT2D eigenvalue weighted by atomic mass is 19.1. The molecular formula is C14H11FN2O3. The van der Waals surface area contributed by atoms with E-state index in [2.05, 4.69) is 10.3 Å². The van der Waals surface area contributed by atoms with E-state index in [-0.39, 0.29) is 11.5 Å². The van der Waals surface area contributed by atoms with Crippen LogP contribution in [0.4, 0.5) is 10.2 Å². The lowest BCUT2D eigenvalue weighted by molar-refractivity contribution is 0.0690. The molecule has 0 saturated carbocycles. The second-order valence-corrected chi connectivity index (χ2v) is 4.13. The maximum atomic E-state index is 13.0. The predicted octanol–water partition coefficient (Wildman–Crippen LogP) is 2.48. The van der Waals surface area contributed by atoms with Crippen LogP contribution in [-0.4, -0.2) is 22.0 Å². The van der Waals surface area contributed by atoms with Gasteiger partial charge in [-0.25, -0.2) is 14.2 Å². The summed E-state index contributed by atoms with van der Waals surface area (Å²) in [4.78, 5) is 26.6. The number of carboxylic acid groups (broad SMARTS) is 1. The molecule has 0 aliphatic rings. The van der Waals surface area contributed by atoms with Crippen LogP contribution < -0.4 is 5.32 Å². The van der Waals surface area contributed by atoms with Crippen LogP contribution >= 0.6 is 0 Å². The molecule has 2 N–H and O–H groups in total. The van der Waals surface area contributed by atoms with Crippen molar-refractivity contribution >= 4 is 17.7 Å². The Morgan fingerprint density at radius 1 is 1.25 bits per heavy atom. The van der Waals surface area contributed by atoms with Crippen molar-refractivity contribution in [1.82, 2.24) is 4.98 Å². The summed E-state index contributed by atoms with van der Waals surface area (Å²) in [6, 6.07) is 8.06. The molecule has 102 valence electrons. The van der Waals surface area contributed by atoms with Crippen LogP contribution in [0, 0.1) is 12.7 Å². The number of benzene rings is 1. The van der Waals surface area contributed by atoms with Crippen LogP contribution in [0.5, 0.6) is 0 Å². The quantitative estimate of drug-likeness (QED) is 0.901. The van der Waals surface area contributed by atoms with Gasteiger partial charge < -0.3 is 10.4 Å². The van der Waals surface area contributed by atoms with Crippen LogP contribution in [-0.2, 0) is 0 Å². The fourth-order valence-corrected chi connectivity index (χ4v) is 1.69. The fourth-order valence-electron chi connectivity index (χ4n) is 1.69. The average molecular weight is 274 g/mol. The summed E-state index contributed by atoms with van der Waals surface area (Å²) < 4.78 is 13.0. The van der Waals surface area contributed by atoms with Gasteiger partial charge in [-0.05, 0) is 42.8 Å². The van der Waals surface area contributed by atoms with Gasteiger partial charge in [-0.1, -0.05) is 6.07 Å². The van der Waals surface area contributed by atoms with Crippen LogP contribution in [0.25, 0.3) is 0 Å². The summed E-state index contributed by atoms with van der Waals surface area (Å²) in [5.41, 5.74) is 0.615. The molecule has 0 unspecified atom stereocenters. The van der Waals surface area contributed by atoms with Crippen LogP contribution in [0.1, 0.15) is 26.4 Å². The number of hydrogen-bond donors (Lipinski definition) is 2. The Bertz CT molecular complexity index is 686. The molecule has 0 atom stereocenters. The number of aryl methyl sites for hydroxylation is 1. The molecule has 2 aromatic rings. The molecule has 0 aliphatic carbocycles. The van der Waals surface area contributed by atoms with Gasteiger partial charge in [0.05, 0.1) is 0 Å². The van der Waals surface area contributed by atoms with Gasteiger partial charge in [0, 0.05) is 5.56 Å². The Labute approximate surface area is 114 Å². The van der Waals surface area contributed by atoms with Gasteiger partial charge in [0.1, 0.15) is 11.6 Å². The molecule has 1 aromatic carbocycles. The topological polar surface area (TPSA) is 79.3 Å². The molecule has 5 nitrogen and oxygen atoms in total. The minimum Gasteiger partial charge on any atom is -0.477 e. The number of halogens is 1. The summed E-state index contributed by atoms with van der Waals surface area (Å²) in [5, 5.41) is 11.3. The summed E-state index contributed by atoms with van der Waals surface area (Å²) in [5.74, 6) is -1.96. The monoisotopic (exact) mass is 274 g/mol. The zero-order chi connectivity index (χ0) is 14.7. The first kappa shape index (κ1) is 13.7. The number of aromatic carboxylic acids is 1. The molecule has 20 heavy (non-hydrogen) atoms. The number of hydrogen-bond acceptors (Lipinski definition) is 3. The highest BCUT2D eigenvalue weighted by molar-refractivity contribution is 6.04. The molecule has 0 bridgehead atoms. The van der Waals surface area contributed by atoms with Crippen molar-refractivity contribution in [2.24, 2.45) is 0 Å². The number of nitrogens with zero attached hydrogens (tertiary/aromatic N) is 1. The van der Waals surface area contributed by atoms with Crippen molar-refractivity contribution in [3.8, 4) is 0 Å². The zero-order valence-electron chi connectivity index (χ0n) is 10.6. The van der Waals surface area contributed by atoms with Crippen molar-refractivity contribution in [3.05, 3.63) is 59.0 Å². The third-order valence-electron chi connectivity index (χ3n) is 2.64. The number of aromatic nitrogens is 1. The molecule has 6 heteroatoms. The van der Waals surface area contributed by atoms with Gasteiger partial charge in [0.2, 0.25) is 0 Å². The smallest absolute Gasteiger partial charge is 0.354 e. The third kappa shape index (κ3) is 2.97. The first-order chi connectivity index (χ1) is 9.47. The molecule has 0 saturated heterocycles. The van der Waals surface area contributed by atoms with Crippen molar-refractivity contribution in [2.75, 3.05) is 5.32 Å². The molecule has 0 aliphatic heterocycles. The minimum absolute atomic E-state index is 0.124. The number of amides is 1. The lowest BCUT2D eigenvalue weighted by atomic mass is 10.1. The first-order valence-corrected chi connectivity index (χ1v) is 5.75. The molecule has 2 rings (SSSR count). The van der Waals surface area contributed by atoms with E-state index in [1.807, 2.05) is 0 Å². The normalized spacial score (nSPS) is 10.1. The van der Waals surface area contributed by atoms with Crippen LogP contribution in [0.15, 0.2) is 36.4 Å². The Morgan fingerprint density at radius 2 is 2.00 bits per heavy atom. The van der Waals surface area contributed by atoms with Crippen LogP contribution in [0.2, 0.25) is 0 Å². The average Bonchev–Trinajstić information content (AvgIpc) is 2.38. The molecule has 0 fully saturated rings. The Morgan fingerprint density at radius 3 is 2.65 bits per heavy atom. The van der Waals surface area contributed by atoms with E-state index < -0.39 is 17.7 Å². The Hall–Kier alpha value is -2.76. The van der Waals surface area contributed by atoms with Gasteiger partial charge in [-0.2, -0.15) is 0 Å². The zero-order valence-corrected chi connectivity index (χ0v) is 10.6. The SMILES string of the molecule is Cc1cc(F)ccc1C(=O)Nc1cccc(C(=O)O)n1. The summed E-state index contributed by atoms with van der Waals surface area (Å²) in [6.07, 6.45) is 0. The largest absolute Gasteiger partial charge is 0.477 e. The number of carbonyl (C=O) groups excluding carboxylic acids is 1. The van der Waals surface area contributed by atoms with Crippen molar-refractivity contribution < 1.29 is 19.1 Å². The number of pyridine rings is 1. The van der Waals surface area contributed by atoms with Crippen LogP contribution in [0.3, 0.4) is 0 Å². The van der Waals surface area contributed by atoms with E-state index in [0.717, 1.165) is 0 Å². The number of carbonyl (C=O) groups is 2. The second-order valence-electron chi connectivity index (χ2n) is 4.13. The Kier molecular flexibility index (Phi) is 3.74. The molecule has 1 aromatic heterocycles. The number of anilines is 1. The van der Waals surface area contributed by atoms with E-state index >= 15 is 0 Å². The number of carboxylic acids is 1. The van der Waals surface area contributed by atoms with E-state index in [0.29, 0.717) is 11.1 Å². The minimum atomic E-state index is -1.18. The molecule has 1 heterocycles. The highest BCUT2D eigenvalue weighted by Crippen LogP contribution is 2.13. The third-order valence-corrected chi connectivity index (χ3v) is 2.64. The highest BCUT2D eigenvalue weighted by Gasteiger charge is 2.12. The van der Waals surface area contributed by atoms with Gasteiger partial charge in [-0.15, -0.1) is 0 Å². The van der Waals surface area contributed by atoms with Crippen molar-refractivity contribution in [3.63, 3.8) is 0 Å². The Balaban J connectivity index is 2.23. The maximum Gasteiger partial charge on any atom is 0.354 e. The van der Waals surface area contributed by atoms with E-state index in [1.54, 1.807) is 6.92 Å². The van der Waals surface area contributed by atoms with Gasteiger partial charge in [0.15, 0.2) is 5.69 Å². The second kappa shape index (κ2) is 5.48. The van der Waals surface area contributed by atoms with Gasteiger partial charge in [0.25, 0.3) is 5.91 Å². The molecule has 0 radical (unpaired) electrons. The number of nitrogens with one attached hydrogen (secondary N) is 1. The van der Waals surface area contributed by atoms with Crippen molar-refractivity contribution in [2.45, 2.75) is 6.92 Å². The summed E-state index contributed by atoms with van der Waals surface area (Å²) in [6.45, 7) is 1.61. The first-order valence-electron chi connectivity index (χ1n) is 5.75. The number of rotatable bonds is 3. The maximum absolute atomic E-state index is 13.0. The van der Waals surface area contributed by atoms with Gasteiger partial charge in [-0.3, -0.25) is 4.79 Å². The summed E-state index contributed by atoms with van der Waals surface area (Å²) >= 11 is 0. The lowest BCUT2D eigenvalue weighted by Gasteiger charge is -2.07. The summed E-state index contributed by atoms with van der Waals surface area (Å²) in [7, 11) is 0. The predicted molar refractivity (Wildman–Crippen MR) is 70.3 cm³/mol. The molecule has 0 spiro atoms.